The summed E-state index contributed by atoms with van der Waals surface area (Å²) in [6, 6.07) is 20.6. The van der Waals surface area contributed by atoms with Crippen LogP contribution in [0.15, 0.2) is 73.1 Å². The van der Waals surface area contributed by atoms with Gasteiger partial charge in [-0.25, -0.2) is 9.50 Å². The van der Waals surface area contributed by atoms with Crippen LogP contribution in [-0.4, -0.2) is 56.5 Å². The first-order valence-corrected chi connectivity index (χ1v) is 11.3. The van der Waals surface area contributed by atoms with Crippen molar-refractivity contribution in [3.63, 3.8) is 0 Å². The van der Waals surface area contributed by atoms with E-state index < -0.39 is 0 Å². The molecule has 0 unspecified atom stereocenters. The van der Waals surface area contributed by atoms with Gasteiger partial charge in [0.2, 0.25) is 0 Å². The number of fused-ring (bicyclic) bond motifs is 1. The van der Waals surface area contributed by atoms with Gasteiger partial charge < -0.3 is 5.32 Å². The predicted octanol–water partition coefficient (Wildman–Crippen LogP) is 3.61. The van der Waals surface area contributed by atoms with Crippen LogP contribution in [0.25, 0.3) is 5.65 Å². The van der Waals surface area contributed by atoms with Crippen LogP contribution in [0.4, 0.5) is 5.69 Å². The molecule has 0 bridgehead atoms. The van der Waals surface area contributed by atoms with Crippen molar-refractivity contribution in [1.29, 1.82) is 0 Å². The maximum atomic E-state index is 12.9. The number of hydrogen-bond acceptors (Lipinski definition) is 5. The molecule has 33 heavy (non-hydrogen) atoms. The molecule has 168 valence electrons. The van der Waals surface area contributed by atoms with Gasteiger partial charge in [-0.3, -0.25) is 14.6 Å². The average molecular weight is 441 g/mol. The Morgan fingerprint density at radius 3 is 2.18 bits per heavy atom. The summed E-state index contributed by atoms with van der Waals surface area (Å²) in [5, 5.41) is 7.35. The molecule has 0 atom stereocenters. The first-order chi connectivity index (χ1) is 16.2. The van der Waals surface area contributed by atoms with Crippen molar-refractivity contribution in [1.82, 2.24) is 24.4 Å². The summed E-state index contributed by atoms with van der Waals surface area (Å²) in [6.07, 6.45) is 3.46. The van der Waals surface area contributed by atoms with Gasteiger partial charge in [0.1, 0.15) is 5.56 Å². The van der Waals surface area contributed by atoms with Crippen molar-refractivity contribution in [3.8, 4) is 0 Å². The van der Waals surface area contributed by atoms with E-state index in [4.69, 9.17) is 0 Å². The topological polar surface area (TPSA) is 65.8 Å². The molecule has 2 aromatic carbocycles. The van der Waals surface area contributed by atoms with Gasteiger partial charge in [-0.1, -0.05) is 42.5 Å². The number of anilines is 1. The fraction of sp³-hybridized carbons (Fsp3) is 0.269. The number of nitrogens with one attached hydrogen (secondary N) is 1. The van der Waals surface area contributed by atoms with Gasteiger partial charge in [0.25, 0.3) is 5.91 Å². The second-order valence-corrected chi connectivity index (χ2v) is 8.54. The molecule has 0 saturated carbocycles. The van der Waals surface area contributed by atoms with Crippen LogP contribution in [0.5, 0.6) is 0 Å². The molecule has 0 aliphatic carbocycles. The summed E-state index contributed by atoms with van der Waals surface area (Å²) >= 11 is 0. The van der Waals surface area contributed by atoms with Gasteiger partial charge in [0, 0.05) is 57.3 Å². The fourth-order valence-electron chi connectivity index (χ4n) is 4.35. The summed E-state index contributed by atoms with van der Waals surface area (Å²) < 4.78 is 1.63. The second kappa shape index (κ2) is 9.52. The molecule has 1 saturated heterocycles. The zero-order valence-electron chi connectivity index (χ0n) is 18.8. The molecule has 7 heteroatoms. The molecule has 1 amide bonds. The SMILES string of the molecule is Cc1nn2cccnc2c1C(=O)Nc1ccc(CN2CCN(Cc3ccccc3)CC2)cc1. The molecular weight excluding hydrogens is 412 g/mol. The number of aryl methyl sites for hydroxylation is 1. The lowest BCUT2D eigenvalue weighted by Gasteiger charge is -2.34. The summed E-state index contributed by atoms with van der Waals surface area (Å²) in [7, 11) is 0. The normalized spacial score (nSPS) is 15.1. The van der Waals surface area contributed by atoms with Gasteiger partial charge in [-0.05, 0) is 36.2 Å². The molecule has 1 fully saturated rings. The van der Waals surface area contributed by atoms with Gasteiger partial charge in [-0.2, -0.15) is 5.10 Å². The summed E-state index contributed by atoms with van der Waals surface area (Å²) in [5.74, 6) is -0.191. The monoisotopic (exact) mass is 440 g/mol. The Hall–Kier alpha value is -3.55. The summed E-state index contributed by atoms with van der Waals surface area (Å²) in [6.45, 7) is 8.05. The smallest absolute Gasteiger partial charge is 0.261 e. The third-order valence-electron chi connectivity index (χ3n) is 6.13. The minimum atomic E-state index is -0.191. The van der Waals surface area contributed by atoms with Crippen LogP contribution >= 0.6 is 0 Å². The van der Waals surface area contributed by atoms with E-state index in [0.29, 0.717) is 16.9 Å². The predicted molar refractivity (Wildman–Crippen MR) is 129 cm³/mol. The Morgan fingerprint density at radius 1 is 0.879 bits per heavy atom. The maximum Gasteiger partial charge on any atom is 0.261 e. The van der Waals surface area contributed by atoms with Gasteiger partial charge in [0.05, 0.1) is 5.69 Å². The number of nitrogens with zero attached hydrogens (tertiary/aromatic N) is 5. The van der Waals surface area contributed by atoms with E-state index in [1.807, 2.05) is 19.1 Å². The number of benzene rings is 2. The summed E-state index contributed by atoms with van der Waals surface area (Å²) in [4.78, 5) is 22.2. The molecule has 1 N–H and O–H groups in total. The summed E-state index contributed by atoms with van der Waals surface area (Å²) in [5.41, 5.74) is 5.13. The lowest BCUT2D eigenvalue weighted by molar-refractivity contribution is 0.102. The molecule has 2 aromatic heterocycles. The van der Waals surface area contributed by atoms with E-state index in [1.54, 1.807) is 23.0 Å². The first-order valence-electron chi connectivity index (χ1n) is 11.3. The standard InChI is InChI=1S/C26H28N6O/c1-20-24(25-27-12-5-13-32(25)29-20)26(33)28-23-10-8-22(9-11-23)19-31-16-14-30(15-17-31)18-21-6-3-2-4-7-21/h2-13H,14-19H2,1H3,(H,28,33). The number of carbonyl (C=O) groups excluding carboxylic acids is 1. The highest BCUT2D eigenvalue weighted by Crippen LogP contribution is 2.18. The number of carbonyl (C=O) groups is 1. The first kappa shape index (κ1) is 21.3. The molecule has 4 aromatic rings. The largest absolute Gasteiger partial charge is 0.322 e. The third kappa shape index (κ3) is 4.94. The molecule has 0 radical (unpaired) electrons. The number of hydrogen-bond donors (Lipinski definition) is 1. The van der Waals surface area contributed by atoms with Gasteiger partial charge in [-0.15, -0.1) is 0 Å². The van der Waals surface area contributed by atoms with E-state index in [1.165, 1.54) is 11.1 Å². The second-order valence-electron chi connectivity index (χ2n) is 8.54. The van der Waals surface area contributed by atoms with Crippen molar-refractivity contribution in [2.75, 3.05) is 31.5 Å². The highest BCUT2D eigenvalue weighted by atomic mass is 16.1. The zero-order valence-corrected chi connectivity index (χ0v) is 18.8. The van der Waals surface area contributed by atoms with Crippen LogP contribution in [-0.2, 0) is 13.1 Å². The Bertz CT molecular complexity index is 1230. The number of piperazine rings is 1. The zero-order chi connectivity index (χ0) is 22.6. The van der Waals surface area contributed by atoms with E-state index >= 15 is 0 Å². The van der Waals surface area contributed by atoms with Crippen molar-refractivity contribution in [2.45, 2.75) is 20.0 Å². The van der Waals surface area contributed by atoms with Crippen LogP contribution in [0.3, 0.4) is 0 Å². The van der Waals surface area contributed by atoms with Crippen molar-refractivity contribution in [2.24, 2.45) is 0 Å². The number of rotatable bonds is 6. The molecular formula is C26H28N6O. The van der Waals surface area contributed by atoms with Crippen molar-refractivity contribution >= 4 is 17.2 Å². The van der Waals surface area contributed by atoms with Crippen LogP contribution < -0.4 is 5.32 Å². The van der Waals surface area contributed by atoms with E-state index in [0.717, 1.165) is 45.0 Å². The molecule has 1 aliphatic heterocycles. The fourth-order valence-corrected chi connectivity index (χ4v) is 4.35. The highest BCUT2D eigenvalue weighted by Gasteiger charge is 2.19. The minimum absolute atomic E-state index is 0.191. The number of aromatic nitrogens is 3. The van der Waals surface area contributed by atoms with Crippen molar-refractivity contribution in [3.05, 3.63) is 95.4 Å². The Labute approximate surface area is 193 Å². The molecule has 0 spiro atoms. The molecule has 1 aliphatic rings. The van der Waals surface area contributed by atoms with E-state index in [2.05, 4.69) is 67.7 Å². The highest BCUT2D eigenvalue weighted by molar-refractivity contribution is 6.09. The third-order valence-corrected chi connectivity index (χ3v) is 6.13. The van der Waals surface area contributed by atoms with Crippen LogP contribution in [0.1, 0.15) is 27.2 Å². The quantitative estimate of drug-likeness (QED) is 0.496. The van der Waals surface area contributed by atoms with Gasteiger partial charge >= 0.3 is 0 Å². The Balaban J connectivity index is 1.15. The number of amides is 1. The van der Waals surface area contributed by atoms with E-state index in [9.17, 15) is 4.79 Å². The average Bonchev–Trinajstić information content (AvgIpc) is 3.18. The lowest BCUT2D eigenvalue weighted by atomic mass is 10.1. The molecule has 5 rings (SSSR count). The Kier molecular flexibility index (Phi) is 6.15. The minimum Gasteiger partial charge on any atom is -0.322 e. The van der Waals surface area contributed by atoms with Crippen molar-refractivity contribution < 1.29 is 4.79 Å². The maximum absolute atomic E-state index is 12.9. The Morgan fingerprint density at radius 2 is 1.52 bits per heavy atom. The van der Waals surface area contributed by atoms with Gasteiger partial charge in [0.15, 0.2) is 5.65 Å². The van der Waals surface area contributed by atoms with Crippen LogP contribution in [0.2, 0.25) is 0 Å². The molecule has 7 nitrogen and oxygen atoms in total. The van der Waals surface area contributed by atoms with E-state index in [-0.39, 0.29) is 5.91 Å². The van der Waals surface area contributed by atoms with Crippen LogP contribution in [0, 0.1) is 6.92 Å². The lowest BCUT2D eigenvalue weighted by Crippen LogP contribution is -2.45. The molecule has 3 heterocycles.